The van der Waals surface area contributed by atoms with Crippen LogP contribution in [0.5, 0.6) is 0 Å². The second-order valence-electron chi connectivity index (χ2n) is 4.32. The summed E-state index contributed by atoms with van der Waals surface area (Å²) in [6.45, 7) is 2.97. The molecule has 8 heteroatoms. The van der Waals surface area contributed by atoms with Crippen molar-refractivity contribution >= 4 is 27.3 Å². The number of nitrogen functional groups attached to an aromatic ring is 1. The molecule has 1 aromatic rings. The summed E-state index contributed by atoms with van der Waals surface area (Å²) in [5, 5.41) is 10.7. The molecule has 1 aromatic carbocycles. The molecule has 0 aliphatic heterocycles. The number of primary sulfonamides is 1. The van der Waals surface area contributed by atoms with E-state index in [4.69, 9.17) is 10.9 Å². The first-order chi connectivity index (χ1) is 9.34. The van der Waals surface area contributed by atoms with Crippen LogP contribution in [0.1, 0.15) is 19.8 Å². The first-order valence-electron chi connectivity index (χ1n) is 6.27. The Bertz CT molecular complexity index is 572. The Balaban J connectivity index is 2.62. The highest BCUT2D eigenvalue weighted by molar-refractivity contribution is 7.89. The van der Waals surface area contributed by atoms with Gasteiger partial charge in [-0.2, -0.15) is 0 Å². The summed E-state index contributed by atoms with van der Waals surface area (Å²) in [5.74, 6) is -0.0690. The standard InChI is InChI=1S/C12H20N4O3S/c1-2-6-16-12(17)5-7-15-11-8-9(20(14,18)19)3-4-10(11)13/h3-4,8,15H,2,5-7,13H2,1H3,(H,16,17)(H2,14,18,19). The number of anilines is 2. The summed E-state index contributed by atoms with van der Waals surface area (Å²) in [6.07, 6.45) is 1.15. The fourth-order valence-electron chi connectivity index (χ4n) is 1.53. The third-order valence-corrected chi connectivity index (χ3v) is 3.50. The fourth-order valence-corrected chi connectivity index (χ4v) is 2.07. The van der Waals surface area contributed by atoms with Crippen molar-refractivity contribution in [2.75, 3.05) is 24.1 Å². The number of carbonyl (C=O) groups excluding carboxylic acids is 1. The van der Waals surface area contributed by atoms with Crippen molar-refractivity contribution in [3.8, 4) is 0 Å². The van der Waals surface area contributed by atoms with Crippen molar-refractivity contribution in [3.05, 3.63) is 18.2 Å². The zero-order valence-electron chi connectivity index (χ0n) is 11.3. The second kappa shape index (κ2) is 7.11. The zero-order chi connectivity index (χ0) is 15.2. The molecule has 7 nitrogen and oxygen atoms in total. The van der Waals surface area contributed by atoms with E-state index < -0.39 is 10.0 Å². The maximum absolute atomic E-state index is 11.4. The van der Waals surface area contributed by atoms with Gasteiger partial charge < -0.3 is 16.4 Å². The molecule has 1 amide bonds. The topological polar surface area (TPSA) is 127 Å². The van der Waals surface area contributed by atoms with Crippen LogP contribution in [0.15, 0.2) is 23.1 Å². The predicted octanol–water partition coefficient (Wildman–Crippen LogP) is 0.244. The number of sulfonamides is 1. The predicted molar refractivity (Wildman–Crippen MR) is 78.6 cm³/mol. The van der Waals surface area contributed by atoms with E-state index in [1.54, 1.807) is 0 Å². The molecule has 0 heterocycles. The van der Waals surface area contributed by atoms with Gasteiger partial charge in [0.1, 0.15) is 0 Å². The van der Waals surface area contributed by atoms with Gasteiger partial charge in [-0.25, -0.2) is 13.6 Å². The van der Waals surface area contributed by atoms with E-state index >= 15 is 0 Å². The van der Waals surface area contributed by atoms with Gasteiger partial charge in [0.2, 0.25) is 15.9 Å². The molecule has 0 aliphatic carbocycles. The lowest BCUT2D eigenvalue weighted by molar-refractivity contribution is -0.120. The fraction of sp³-hybridized carbons (Fsp3) is 0.417. The Kier molecular flexibility index (Phi) is 5.78. The highest BCUT2D eigenvalue weighted by Crippen LogP contribution is 2.21. The molecule has 0 radical (unpaired) electrons. The van der Waals surface area contributed by atoms with E-state index in [2.05, 4.69) is 10.6 Å². The average molecular weight is 300 g/mol. The lowest BCUT2D eigenvalue weighted by Crippen LogP contribution is -2.26. The molecule has 0 saturated carbocycles. The van der Waals surface area contributed by atoms with E-state index in [1.165, 1.54) is 18.2 Å². The van der Waals surface area contributed by atoms with Crippen molar-refractivity contribution in [3.63, 3.8) is 0 Å². The van der Waals surface area contributed by atoms with Gasteiger partial charge in [0, 0.05) is 19.5 Å². The number of rotatable bonds is 7. The average Bonchev–Trinajstić information content (AvgIpc) is 2.37. The van der Waals surface area contributed by atoms with E-state index in [-0.39, 0.29) is 17.2 Å². The summed E-state index contributed by atoms with van der Waals surface area (Å²) in [4.78, 5) is 11.4. The quantitative estimate of drug-likeness (QED) is 0.537. The molecule has 0 aliphatic rings. The number of hydrogen-bond donors (Lipinski definition) is 4. The summed E-state index contributed by atoms with van der Waals surface area (Å²) >= 11 is 0. The summed E-state index contributed by atoms with van der Waals surface area (Å²) in [6, 6.07) is 4.15. The normalized spacial score (nSPS) is 11.1. The SMILES string of the molecule is CCCNC(=O)CCNc1cc(S(N)(=O)=O)ccc1N. The lowest BCUT2D eigenvalue weighted by atomic mass is 10.2. The summed E-state index contributed by atoms with van der Waals surface area (Å²) in [7, 11) is -3.77. The van der Waals surface area contributed by atoms with Gasteiger partial charge in [-0.1, -0.05) is 6.92 Å². The van der Waals surface area contributed by atoms with E-state index in [0.29, 0.717) is 24.5 Å². The Morgan fingerprint density at radius 3 is 2.60 bits per heavy atom. The third kappa shape index (κ3) is 5.06. The van der Waals surface area contributed by atoms with Crippen LogP contribution in [0.2, 0.25) is 0 Å². The maximum Gasteiger partial charge on any atom is 0.238 e. The number of nitrogens with one attached hydrogen (secondary N) is 2. The number of carbonyl (C=O) groups is 1. The molecule has 20 heavy (non-hydrogen) atoms. The second-order valence-corrected chi connectivity index (χ2v) is 5.88. The molecule has 0 bridgehead atoms. The molecule has 6 N–H and O–H groups in total. The molecule has 0 aromatic heterocycles. The molecule has 0 saturated heterocycles. The van der Waals surface area contributed by atoms with Crippen molar-refractivity contribution < 1.29 is 13.2 Å². The smallest absolute Gasteiger partial charge is 0.238 e. The minimum atomic E-state index is -3.77. The number of nitrogens with two attached hydrogens (primary N) is 2. The van der Waals surface area contributed by atoms with Gasteiger partial charge in [-0.3, -0.25) is 4.79 Å². The molecule has 1 rings (SSSR count). The van der Waals surface area contributed by atoms with Crippen molar-refractivity contribution in [2.45, 2.75) is 24.7 Å². The molecule has 0 spiro atoms. The van der Waals surface area contributed by atoms with Crippen LogP contribution in [-0.2, 0) is 14.8 Å². The maximum atomic E-state index is 11.4. The van der Waals surface area contributed by atoms with Crippen LogP contribution in [0.3, 0.4) is 0 Å². The van der Waals surface area contributed by atoms with Crippen molar-refractivity contribution in [1.29, 1.82) is 0 Å². The van der Waals surface area contributed by atoms with E-state index in [9.17, 15) is 13.2 Å². The van der Waals surface area contributed by atoms with Gasteiger partial charge in [0.15, 0.2) is 0 Å². The van der Waals surface area contributed by atoms with Crippen LogP contribution in [-0.4, -0.2) is 27.4 Å². The van der Waals surface area contributed by atoms with Crippen LogP contribution >= 0.6 is 0 Å². The summed E-state index contributed by atoms with van der Waals surface area (Å²) < 4.78 is 22.5. The van der Waals surface area contributed by atoms with Crippen LogP contribution in [0, 0.1) is 0 Å². The van der Waals surface area contributed by atoms with Gasteiger partial charge in [0.25, 0.3) is 0 Å². The number of amides is 1. The molecular weight excluding hydrogens is 280 g/mol. The van der Waals surface area contributed by atoms with E-state index in [0.717, 1.165) is 6.42 Å². The van der Waals surface area contributed by atoms with E-state index in [1.807, 2.05) is 6.92 Å². The molecular formula is C12H20N4O3S. The Labute approximate surface area is 118 Å². The minimum absolute atomic E-state index is 0.0235. The van der Waals surface area contributed by atoms with Crippen molar-refractivity contribution in [2.24, 2.45) is 5.14 Å². The minimum Gasteiger partial charge on any atom is -0.397 e. The monoisotopic (exact) mass is 300 g/mol. The third-order valence-electron chi connectivity index (χ3n) is 2.59. The highest BCUT2D eigenvalue weighted by Gasteiger charge is 2.10. The summed E-state index contributed by atoms with van der Waals surface area (Å²) in [5.41, 5.74) is 6.57. The molecule has 0 atom stereocenters. The zero-order valence-corrected chi connectivity index (χ0v) is 12.2. The highest BCUT2D eigenvalue weighted by atomic mass is 32.2. The Morgan fingerprint density at radius 1 is 1.30 bits per heavy atom. The number of benzene rings is 1. The first-order valence-corrected chi connectivity index (χ1v) is 7.82. The Morgan fingerprint density at radius 2 is 2.00 bits per heavy atom. The molecule has 0 unspecified atom stereocenters. The van der Waals surface area contributed by atoms with Crippen LogP contribution in [0.25, 0.3) is 0 Å². The molecule has 0 fully saturated rings. The van der Waals surface area contributed by atoms with Gasteiger partial charge in [-0.15, -0.1) is 0 Å². The van der Waals surface area contributed by atoms with Gasteiger partial charge >= 0.3 is 0 Å². The van der Waals surface area contributed by atoms with Crippen LogP contribution in [0.4, 0.5) is 11.4 Å². The van der Waals surface area contributed by atoms with Gasteiger partial charge in [0.05, 0.1) is 16.3 Å². The van der Waals surface area contributed by atoms with Gasteiger partial charge in [-0.05, 0) is 24.6 Å². The number of hydrogen-bond acceptors (Lipinski definition) is 5. The molecule has 112 valence electrons. The Hall–Kier alpha value is -1.80. The van der Waals surface area contributed by atoms with Crippen molar-refractivity contribution in [1.82, 2.24) is 5.32 Å². The first kappa shape index (κ1) is 16.3. The lowest BCUT2D eigenvalue weighted by Gasteiger charge is -2.10. The van der Waals surface area contributed by atoms with Crippen LogP contribution < -0.4 is 21.5 Å². The largest absolute Gasteiger partial charge is 0.397 e.